The van der Waals surface area contributed by atoms with Gasteiger partial charge in [-0.3, -0.25) is 9.59 Å². The van der Waals surface area contributed by atoms with Gasteiger partial charge in [-0.2, -0.15) is 0 Å². The lowest BCUT2D eigenvalue weighted by Crippen LogP contribution is -2.36. The Morgan fingerprint density at radius 1 is 1.60 bits per heavy atom. The molecule has 0 radical (unpaired) electrons. The molecule has 1 atom stereocenters. The zero-order valence-electron chi connectivity index (χ0n) is 11.1. The first-order valence-electron chi connectivity index (χ1n) is 6.22. The summed E-state index contributed by atoms with van der Waals surface area (Å²) in [6.45, 7) is 0.420. The Balaban J connectivity index is 2.01. The van der Waals surface area contributed by atoms with Crippen LogP contribution in [0.3, 0.4) is 0 Å². The van der Waals surface area contributed by atoms with Crippen LogP contribution >= 0.6 is 0 Å². The van der Waals surface area contributed by atoms with Crippen LogP contribution in [0.5, 0.6) is 5.75 Å². The van der Waals surface area contributed by atoms with Gasteiger partial charge in [0.15, 0.2) is 6.61 Å². The van der Waals surface area contributed by atoms with Crippen molar-refractivity contribution in [3.05, 3.63) is 18.2 Å². The van der Waals surface area contributed by atoms with Gasteiger partial charge in [-0.1, -0.05) is 0 Å². The van der Waals surface area contributed by atoms with Gasteiger partial charge < -0.3 is 25.8 Å². The number of hydrogen-bond acceptors (Lipinski definition) is 5. The number of ether oxygens (including phenoxy) is 2. The first kappa shape index (κ1) is 14.3. The molecule has 0 bridgehead atoms. The maximum Gasteiger partial charge on any atom is 0.262 e. The highest BCUT2D eigenvalue weighted by Gasteiger charge is 2.18. The van der Waals surface area contributed by atoms with Crippen LogP contribution in [0.2, 0.25) is 0 Å². The minimum absolute atomic E-state index is 0.000593. The molecule has 20 heavy (non-hydrogen) atoms. The molecule has 0 saturated heterocycles. The minimum atomic E-state index is -0.642. The number of hydrogen-bond donors (Lipinski definition) is 3. The molecule has 1 aromatic carbocycles. The number of benzene rings is 1. The highest BCUT2D eigenvalue weighted by Crippen LogP contribution is 2.30. The standard InChI is InChI=1S/C13H17N3O4/c1-19-5-4-9(14)13(18)15-8-2-3-11-10(6-8)16-12(17)7-20-11/h2-3,6,9H,4-5,7,14H2,1H3,(H,15,18)(H,16,17). The zero-order valence-corrected chi connectivity index (χ0v) is 11.1. The molecule has 1 heterocycles. The number of rotatable bonds is 5. The quantitative estimate of drug-likeness (QED) is 0.720. The van der Waals surface area contributed by atoms with Gasteiger partial charge in [0.05, 0.1) is 11.7 Å². The van der Waals surface area contributed by atoms with Gasteiger partial charge >= 0.3 is 0 Å². The van der Waals surface area contributed by atoms with E-state index in [0.717, 1.165) is 0 Å². The Morgan fingerprint density at radius 2 is 2.40 bits per heavy atom. The summed E-state index contributed by atoms with van der Waals surface area (Å²) in [5.74, 6) is 0.0501. The van der Waals surface area contributed by atoms with Crippen LogP contribution in [0.15, 0.2) is 18.2 Å². The fraction of sp³-hybridized carbons (Fsp3) is 0.385. The summed E-state index contributed by atoms with van der Waals surface area (Å²) in [4.78, 5) is 23.1. The van der Waals surface area contributed by atoms with Crippen LogP contribution in [0, 0.1) is 0 Å². The Bertz CT molecular complexity index is 518. The third-order valence-corrected chi connectivity index (χ3v) is 2.85. The van der Waals surface area contributed by atoms with Crippen molar-refractivity contribution in [3.63, 3.8) is 0 Å². The summed E-state index contributed by atoms with van der Waals surface area (Å²) in [6, 6.07) is 4.37. The second-order valence-corrected chi connectivity index (χ2v) is 4.43. The Labute approximate surface area is 116 Å². The summed E-state index contributed by atoms with van der Waals surface area (Å²) >= 11 is 0. The number of amides is 2. The topological polar surface area (TPSA) is 103 Å². The molecular weight excluding hydrogens is 262 g/mol. The molecule has 0 fully saturated rings. The Kier molecular flexibility index (Phi) is 4.54. The van der Waals surface area contributed by atoms with Gasteiger partial charge in [0, 0.05) is 19.4 Å². The van der Waals surface area contributed by atoms with Crippen molar-refractivity contribution in [1.82, 2.24) is 0 Å². The molecule has 0 aromatic heterocycles. The van der Waals surface area contributed by atoms with E-state index in [1.807, 2.05) is 0 Å². The maximum atomic E-state index is 11.8. The molecule has 1 aliphatic heterocycles. The summed E-state index contributed by atoms with van der Waals surface area (Å²) in [5, 5.41) is 5.36. The van der Waals surface area contributed by atoms with E-state index in [4.69, 9.17) is 15.2 Å². The normalized spacial score (nSPS) is 14.8. The molecule has 7 heteroatoms. The van der Waals surface area contributed by atoms with Crippen LogP contribution in [0.4, 0.5) is 11.4 Å². The minimum Gasteiger partial charge on any atom is -0.482 e. The molecule has 1 unspecified atom stereocenters. The van der Waals surface area contributed by atoms with Crippen molar-refractivity contribution in [3.8, 4) is 5.75 Å². The maximum absolute atomic E-state index is 11.8. The van der Waals surface area contributed by atoms with E-state index < -0.39 is 6.04 Å². The van der Waals surface area contributed by atoms with E-state index in [2.05, 4.69) is 10.6 Å². The lowest BCUT2D eigenvalue weighted by atomic mass is 10.2. The van der Waals surface area contributed by atoms with Gasteiger partial charge in [0.1, 0.15) is 5.75 Å². The van der Waals surface area contributed by atoms with Crippen LogP contribution in [-0.2, 0) is 14.3 Å². The Morgan fingerprint density at radius 3 is 3.15 bits per heavy atom. The van der Waals surface area contributed by atoms with Crippen LogP contribution < -0.4 is 21.1 Å². The summed E-state index contributed by atoms with van der Waals surface area (Å²) in [7, 11) is 1.55. The summed E-state index contributed by atoms with van der Waals surface area (Å²) in [6.07, 6.45) is 0.438. The van der Waals surface area contributed by atoms with E-state index in [9.17, 15) is 9.59 Å². The number of methoxy groups -OCH3 is 1. The van der Waals surface area contributed by atoms with Gasteiger partial charge in [0.25, 0.3) is 5.91 Å². The van der Waals surface area contributed by atoms with Crippen molar-refractivity contribution in [2.45, 2.75) is 12.5 Å². The first-order valence-corrected chi connectivity index (χ1v) is 6.22. The number of carbonyl (C=O) groups is 2. The van der Waals surface area contributed by atoms with Gasteiger partial charge in [-0.25, -0.2) is 0 Å². The molecule has 0 saturated carbocycles. The molecule has 7 nitrogen and oxygen atoms in total. The van der Waals surface area contributed by atoms with E-state index in [0.29, 0.717) is 30.2 Å². The van der Waals surface area contributed by atoms with Crippen LogP contribution in [-0.4, -0.2) is 38.2 Å². The largest absolute Gasteiger partial charge is 0.482 e. The van der Waals surface area contributed by atoms with E-state index in [1.165, 1.54) is 0 Å². The van der Waals surface area contributed by atoms with Crippen LogP contribution in [0.25, 0.3) is 0 Å². The molecule has 108 valence electrons. The van der Waals surface area contributed by atoms with Crippen molar-refractivity contribution < 1.29 is 19.1 Å². The lowest BCUT2D eigenvalue weighted by molar-refractivity contribution is -0.119. The number of fused-ring (bicyclic) bond motifs is 1. The first-order chi connectivity index (χ1) is 9.60. The highest BCUT2D eigenvalue weighted by molar-refractivity contribution is 5.98. The predicted octanol–water partition coefficient (Wildman–Crippen LogP) is 0.320. The molecule has 1 aromatic rings. The molecule has 2 rings (SSSR count). The van der Waals surface area contributed by atoms with Gasteiger partial charge in [-0.05, 0) is 24.6 Å². The smallest absolute Gasteiger partial charge is 0.262 e. The van der Waals surface area contributed by atoms with Crippen molar-refractivity contribution in [2.24, 2.45) is 5.73 Å². The summed E-state index contributed by atoms with van der Waals surface area (Å²) < 4.78 is 10.1. The highest BCUT2D eigenvalue weighted by atomic mass is 16.5. The fourth-order valence-electron chi connectivity index (χ4n) is 1.77. The molecule has 1 aliphatic rings. The predicted molar refractivity (Wildman–Crippen MR) is 73.7 cm³/mol. The summed E-state index contributed by atoms with van der Waals surface area (Å²) in [5.41, 5.74) is 6.81. The average molecular weight is 279 g/mol. The molecule has 4 N–H and O–H groups in total. The third kappa shape index (κ3) is 3.46. The number of nitrogens with one attached hydrogen (secondary N) is 2. The second-order valence-electron chi connectivity index (χ2n) is 4.43. The molecular formula is C13H17N3O4. The monoisotopic (exact) mass is 279 g/mol. The van der Waals surface area contributed by atoms with Gasteiger partial charge in [-0.15, -0.1) is 0 Å². The molecule has 2 amide bonds. The SMILES string of the molecule is COCCC(N)C(=O)Nc1ccc2c(c1)NC(=O)CO2. The van der Waals surface area contributed by atoms with Crippen molar-refractivity contribution in [2.75, 3.05) is 31.0 Å². The number of anilines is 2. The fourth-order valence-corrected chi connectivity index (χ4v) is 1.77. The molecule has 0 spiro atoms. The van der Waals surface area contributed by atoms with E-state index in [-0.39, 0.29) is 18.4 Å². The average Bonchev–Trinajstić information content (AvgIpc) is 2.44. The Hall–Kier alpha value is -2.12. The second kappa shape index (κ2) is 6.36. The van der Waals surface area contributed by atoms with E-state index in [1.54, 1.807) is 25.3 Å². The van der Waals surface area contributed by atoms with Crippen LogP contribution in [0.1, 0.15) is 6.42 Å². The molecule has 0 aliphatic carbocycles. The van der Waals surface area contributed by atoms with Crippen molar-refractivity contribution in [1.29, 1.82) is 0 Å². The van der Waals surface area contributed by atoms with Gasteiger partial charge in [0.2, 0.25) is 5.91 Å². The van der Waals surface area contributed by atoms with E-state index >= 15 is 0 Å². The third-order valence-electron chi connectivity index (χ3n) is 2.85. The lowest BCUT2D eigenvalue weighted by Gasteiger charge is -2.19. The number of carbonyl (C=O) groups excluding carboxylic acids is 2. The number of nitrogens with two attached hydrogens (primary N) is 1. The zero-order chi connectivity index (χ0) is 14.5. The van der Waals surface area contributed by atoms with Crippen molar-refractivity contribution >= 4 is 23.2 Å².